The van der Waals surface area contributed by atoms with E-state index in [2.05, 4.69) is 15.3 Å². The van der Waals surface area contributed by atoms with Crippen molar-refractivity contribution in [2.75, 3.05) is 36.3 Å². The van der Waals surface area contributed by atoms with E-state index in [0.29, 0.717) is 22.8 Å². The first-order chi connectivity index (χ1) is 14.7. The Bertz CT molecular complexity index is 1150. The van der Waals surface area contributed by atoms with E-state index in [1.807, 2.05) is 0 Å². The zero-order valence-electron chi connectivity index (χ0n) is 17.5. The van der Waals surface area contributed by atoms with Crippen LogP contribution in [0.3, 0.4) is 0 Å². The standard InChI is InChI=1S/C22H21F2N5O2/c1-13(30)27-20-10-14(7-8-25-20)15-9-17(21(26-12-15)28(2)3)22(31)29(4)19-6-5-16(23)11-18(19)24/h5-12H,1-4H3,(H,25,27,30). The van der Waals surface area contributed by atoms with Crippen LogP contribution in [0.15, 0.2) is 48.8 Å². The molecule has 0 spiro atoms. The zero-order chi connectivity index (χ0) is 22.7. The SMILES string of the molecule is CC(=O)Nc1cc(-c2cnc(N(C)C)c(C(=O)N(C)c3ccc(F)cc3F)c2)ccn1. The number of carbonyl (C=O) groups excluding carboxylic acids is 2. The number of rotatable bonds is 5. The monoisotopic (exact) mass is 425 g/mol. The van der Waals surface area contributed by atoms with Crippen LogP contribution in [-0.4, -0.2) is 42.9 Å². The summed E-state index contributed by atoms with van der Waals surface area (Å²) < 4.78 is 27.5. The molecule has 160 valence electrons. The first-order valence-corrected chi connectivity index (χ1v) is 9.32. The van der Waals surface area contributed by atoms with Gasteiger partial charge in [0.15, 0.2) is 0 Å². The van der Waals surface area contributed by atoms with Crippen molar-refractivity contribution < 1.29 is 18.4 Å². The summed E-state index contributed by atoms with van der Waals surface area (Å²) in [5.74, 6) is -1.60. The molecule has 7 nitrogen and oxygen atoms in total. The van der Waals surface area contributed by atoms with Crippen molar-refractivity contribution in [3.05, 3.63) is 66.0 Å². The van der Waals surface area contributed by atoms with Crippen LogP contribution >= 0.6 is 0 Å². The number of carbonyl (C=O) groups is 2. The van der Waals surface area contributed by atoms with Crippen LogP contribution in [0.4, 0.5) is 26.1 Å². The van der Waals surface area contributed by atoms with Crippen LogP contribution in [0.2, 0.25) is 0 Å². The van der Waals surface area contributed by atoms with Gasteiger partial charge in [-0.2, -0.15) is 0 Å². The van der Waals surface area contributed by atoms with Crippen LogP contribution in [0.1, 0.15) is 17.3 Å². The van der Waals surface area contributed by atoms with E-state index in [9.17, 15) is 18.4 Å². The maximum atomic E-state index is 14.2. The minimum Gasteiger partial charge on any atom is -0.362 e. The Morgan fingerprint density at radius 3 is 2.35 bits per heavy atom. The topological polar surface area (TPSA) is 78.4 Å². The van der Waals surface area contributed by atoms with Gasteiger partial charge < -0.3 is 15.1 Å². The molecule has 0 atom stereocenters. The normalized spacial score (nSPS) is 10.5. The summed E-state index contributed by atoms with van der Waals surface area (Å²) in [7, 11) is 4.88. The fraction of sp³-hybridized carbons (Fsp3) is 0.182. The molecule has 0 unspecified atom stereocenters. The van der Waals surface area contributed by atoms with Gasteiger partial charge in [0, 0.05) is 52.1 Å². The molecule has 1 N–H and O–H groups in total. The molecule has 9 heteroatoms. The van der Waals surface area contributed by atoms with E-state index < -0.39 is 17.5 Å². The second-order valence-corrected chi connectivity index (χ2v) is 7.06. The van der Waals surface area contributed by atoms with Gasteiger partial charge in [-0.05, 0) is 35.9 Å². The van der Waals surface area contributed by atoms with Gasteiger partial charge in [0.05, 0.1) is 11.3 Å². The number of halogens is 2. The van der Waals surface area contributed by atoms with Crippen LogP contribution in [-0.2, 0) is 4.79 Å². The number of pyridine rings is 2. The Balaban J connectivity index is 2.04. The lowest BCUT2D eigenvalue weighted by Crippen LogP contribution is -2.29. The second-order valence-electron chi connectivity index (χ2n) is 7.06. The highest BCUT2D eigenvalue weighted by Gasteiger charge is 2.22. The molecular weight excluding hydrogens is 404 g/mol. The van der Waals surface area contributed by atoms with Crippen LogP contribution in [0.25, 0.3) is 11.1 Å². The lowest BCUT2D eigenvalue weighted by molar-refractivity contribution is -0.114. The molecule has 31 heavy (non-hydrogen) atoms. The van der Waals surface area contributed by atoms with Gasteiger partial charge in [0.1, 0.15) is 23.3 Å². The number of anilines is 3. The average molecular weight is 425 g/mol. The molecule has 3 rings (SSSR count). The number of amides is 2. The van der Waals surface area contributed by atoms with Crippen molar-refractivity contribution in [2.24, 2.45) is 0 Å². The molecule has 0 radical (unpaired) electrons. The molecule has 2 aromatic heterocycles. The predicted octanol–water partition coefficient (Wildman–Crippen LogP) is 3.72. The molecule has 2 heterocycles. The van der Waals surface area contributed by atoms with Crippen LogP contribution in [0.5, 0.6) is 0 Å². The summed E-state index contributed by atoms with van der Waals surface area (Å²) in [6.07, 6.45) is 3.12. The Kier molecular flexibility index (Phi) is 6.24. The number of hydrogen-bond donors (Lipinski definition) is 1. The van der Waals surface area contributed by atoms with Gasteiger partial charge in [-0.15, -0.1) is 0 Å². The molecule has 0 aliphatic carbocycles. The largest absolute Gasteiger partial charge is 0.362 e. The minimum atomic E-state index is -0.847. The number of nitrogens with one attached hydrogen (secondary N) is 1. The lowest BCUT2D eigenvalue weighted by Gasteiger charge is -2.22. The molecular formula is C22H21F2N5O2. The van der Waals surface area contributed by atoms with Crippen LogP contribution in [0, 0.1) is 11.6 Å². The van der Waals surface area contributed by atoms with Gasteiger partial charge >= 0.3 is 0 Å². The summed E-state index contributed by atoms with van der Waals surface area (Å²) in [5, 5.41) is 2.61. The Morgan fingerprint density at radius 2 is 1.71 bits per heavy atom. The summed E-state index contributed by atoms with van der Waals surface area (Å²) in [6.45, 7) is 1.38. The highest BCUT2D eigenvalue weighted by molar-refractivity contribution is 6.09. The molecule has 3 aromatic rings. The first-order valence-electron chi connectivity index (χ1n) is 9.32. The molecule has 0 saturated heterocycles. The van der Waals surface area contributed by atoms with Gasteiger partial charge in [-0.1, -0.05) is 0 Å². The quantitative estimate of drug-likeness (QED) is 0.674. The van der Waals surface area contributed by atoms with E-state index in [0.717, 1.165) is 17.0 Å². The predicted molar refractivity (Wildman–Crippen MR) is 115 cm³/mol. The first kappa shape index (κ1) is 21.8. The van der Waals surface area contributed by atoms with Crippen molar-refractivity contribution >= 4 is 29.1 Å². The third-order valence-electron chi connectivity index (χ3n) is 4.49. The summed E-state index contributed by atoms with van der Waals surface area (Å²) in [6, 6.07) is 8.03. The number of nitrogens with zero attached hydrogens (tertiary/aromatic N) is 4. The Hall–Kier alpha value is -3.88. The van der Waals surface area contributed by atoms with Crippen LogP contribution < -0.4 is 15.1 Å². The maximum absolute atomic E-state index is 14.2. The second kappa shape index (κ2) is 8.86. The summed E-state index contributed by atoms with van der Waals surface area (Å²) >= 11 is 0. The third kappa shape index (κ3) is 4.82. The van der Waals surface area contributed by atoms with E-state index in [4.69, 9.17) is 0 Å². The van der Waals surface area contributed by atoms with Gasteiger partial charge in [-0.3, -0.25) is 9.59 Å². The average Bonchev–Trinajstić information content (AvgIpc) is 2.72. The fourth-order valence-corrected chi connectivity index (χ4v) is 3.03. The number of aromatic nitrogens is 2. The van der Waals surface area contributed by atoms with Crippen molar-refractivity contribution in [2.45, 2.75) is 6.92 Å². The summed E-state index contributed by atoms with van der Waals surface area (Å²) in [5.41, 5.74) is 1.46. The van der Waals surface area contributed by atoms with Crippen molar-refractivity contribution in [3.8, 4) is 11.1 Å². The highest BCUT2D eigenvalue weighted by atomic mass is 19.1. The lowest BCUT2D eigenvalue weighted by atomic mass is 10.1. The zero-order valence-corrected chi connectivity index (χ0v) is 17.5. The van der Waals surface area contributed by atoms with Gasteiger partial charge in [0.25, 0.3) is 5.91 Å². The van der Waals surface area contributed by atoms with Crippen molar-refractivity contribution in [1.29, 1.82) is 0 Å². The third-order valence-corrected chi connectivity index (χ3v) is 4.49. The van der Waals surface area contributed by atoms with E-state index in [1.54, 1.807) is 43.4 Å². The smallest absolute Gasteiger partial charge is 0.261 e. The van der Waals surface area contributed by atoms with Crippen molar-refractivity contribution in [1.82, 2.24) is 9.97 Å². The molecule has 0 bridgehead atoms. The maximum Gasteiger partial charge on any atom is 0.261 e. The highest BCUT2D eigenvalue weighted by Crippen LogP contribution is 2.28. The number of benzene rings is 1. The summed E-state index contributed by atoms with van der Waals surface area (Å²) in [4.78, 5) is 35.8. The molecule has 0 fully saturated rings. The fourth-order valence-electron chi connectivity index (χ4n) is 3.03. The molecule has 1 aromatic carbocycles. The Labute approximate surface area is 178 Å². The van der Waals surface area contributed by atoms with Gasteiger partial charge in [-0.25, -0.2) is 18.7 Å². The minimum absolute atomic E-state index is 0.0571. The molecule has 2 amide bonds. The van der Waals surface area contributed by atoms with Crippen molar-refractivity contribution in [3.63, 3.8) is 0 Å². The Morgan fingerprint density at radius 1 is 0.968 bits per heavy atom. The molecule has 0 aliphatic rings. The molecule has 0 aliphatic heterocycles. The molecule has 0 saturated carbocycles. The van der Waals surface area contributed by atoms with Gasteiger partial charge in [0.2, 0.25) is 5.91 Å². The van der Waals surface area contributed by atoms with E-state index in [-0.39, 0.29) is 17.2 Å². The number of hydrogen-bond acceptors (Lipinski definition) is 5. The van der Waals surface area contributed by atoms with E-state index >= 15 is 0 Å². The van der Waals surface area contributed by atoms with E-state index in [1.165, 1.54) is 26.2 Å².